The van der Waals surface area contributed by atoms with Crippen molar-refractivity contribution in [1.82, 2.24) is 4.98 Å². The summed E-state index contributed by atoms with van der Waals surface area (Å²) < 4.78 is 77.8. The third-order valence-corrected chi connectivity index (χ3v) is 11.5. The molecule has 0 radical (unpaired) electrons. The van der Waals surface area contributed by atoms with Gasteiger partial charge in [0.05, 0.1) is 6.61 Å². The van der Waals surface area contributed by atoms with Crippen molar-refractivity contribution in [2.24, 2.45) is 0 Å². The highest BCUT2D eigenvalue weighted by atomic mass is 35.5. The van der Waals surface area contributed by atoms with Crippen molar-refractivity contribution in [2.45, 2.75) is 64.2 Å². The van der Waals surface area contributed by atoms with E-state index in [4.69, 9.17) is 16.0 Å². The van der Waals surface area contributed by atoms with E-state index >= 15 is 0 Å². The summed E-state index contributed by atoms with van der Waals surface area (Å²) in [6, 6.07) is 13.5. The number of aliphatic hydroxyl groups is 1. The normalized spacial score (nSPS) is 13.8. The van der Waals surface area contributed by atoms with Crippen LogP contribution in [0.4, 0.5) is 22.0 Å². The fraction of sp³-hybridized carbons (Fsp3) is 0.370. The highest BCUT2D eigenvalue weighted by Crippen LogP contribution is 2.46. The van der Waals surface area contributed by atoms with Crippen LogP contribution in [0.2, 0.25) is 23.2 Å². The predicted octanol–water partition coefficient (Wildman–Crippen LogP) is 8.96. The van der Waals surface area contributed by atoms with Crippen LogP contribution in [0.3, 0.4) is 0 Å². The lowest BCUT2D eigenvalue weighted by Crippen LogP contribution is -2.40. The second-order valence-electron chi connectivity index (χ2n) is 10.3. The Kier molecular flexibility index (Phi) is 8.53. The molecule has 0 bridgehead atoms. The summed E-state index contributed by atoms with van der Waals surface area (Å²) in [5.41, 5.74) is -3.21. The summed E-state index contributed by atoms with van der Waals surface area (Å²) in [4.78, 5) is 3.43. The zero-order valence-electron chi connectivity index (χ0n) is 21.1. The average Bonchev–Trinajstić information content (AvgIpc) is 2.81. The van der Waals surface area contributed by atoms with Gasteiger partial charge >= 0.3 is 6.18 Å². The summed E-state index contributed by atoms with van der Waals surface area (Å²) in [6.45, 7) is 9.34. The first-order valence-electron chi connectivity index (χ1n) is 11.6. The molecule has 3 aromatic rings. The molecule has 3 nitrogen and oxygen atoms in total. The molecular formula is C27H29ClF5NO2Si. The molecule has 1 N–H and O–H groups in total. The molecule has 0 saturated carbocycles. The van der Waals surface area contributed by atoms with Crippen LogP contribution in [0.5, 0.6) is 0 Å². The number of nitrogens with zero attached hydrogens (tertiary/aromatic N) is 1. The second-order valence-corrected chi connectivity index (χ2v) is 15.5. The number of aromatic nitrogens is 1. The standard InChI is InChI=1S/C27H29ClF5NO2Si/c1-26(2,3)37(4,5)36-15-19-20(16-9-7-6-8-10-16)21(23(35)17-11-13-18(28)14-12-17)24(27(31,32)33)34-22(19)25(29)30/h6-14,23,25,35H,15H2,1-5H3. The fourth-order valence-electron chi connectivity index (χ4n) is 3.68. The number of rotatable bonds is 7. The third kappa shape index (κ3) is 6.39. The van der Waals surface area contributed by atoms with Crippen molar-refractivity contribution < 1.29 is 31.5 Å². The number of benzene rings is 2. The van der Waals surface area contributed by atoms with Crippen molar-refractivity contribution in [3.05, 3.63) is 87.7 Å². The van der Waals surface area contributed by atoms with Crippen molar-refractivity contribution in [3.63, 3.8) is 0 Å². The monoisotopic (exact) mass is 557 g/mol. The predicted molar refractivity (Wildman–Crippen MR) is 137 cm³/mol. The van der Waals surface area contributed by atoms with Gasteiger partial charge in [-0.15, -0.1) is 0 Å². The van der Waals surface area contributed by atoms with Gasteiger partial charge < -0.3 is 9.53 Å². The molecule has 10 heteroatoms. The minimum absolute atomic E-state index is 0.106. The molecule has 1 heterocycles. The molecule has 1 unspecified atom stereocenters. The molecule has 2 aromatic carbocycles. The van der Waals surface area contributed by atoms with Gasteiger partial charge in [0, 0.05) is 16.1 Å². The fourth-order valence-corrected chi connectivity index (χ4v) is 4.75. The second kappa shape index (κ2) is 10.8. The van der Waals surface area contributed by atoms with Crippen molar-refractivity contribution >= 4 is 19.9 Å². The van der Waals surface area contributed by atoms with Gasteiger partial charge in [0.1, 0.15) is 11.8 Å². The van der Waals surface area contributed by atoms with E-state index in [1.54, 1.807) is 18.2 Å². The molecule has 1 atom stereocenters. The minimum atomic E-state index is -5.12. The van der Waals surface area contributed by atoms with Gasteiger partial charge in [-0.25, -0.2) is 13.8 Å². The van der Waals surface area contributed by atoms with E-state index in [-0.39, 0.29) is 33.9 Å². The molecule has 0 aliphatic rings. The van der Waals surface area contributed by atoms with Gasteiger partial charge in [0.15, 0.2) is 14.0 Å². The number of aliphatic hydroxyl groups excluding tert-OH is 1. The molecule has 1 aromatic heterocycles. The summed E-state index contributed by atoms with van der Waals surface area (Å²) in [5, 5.41) is 11.3. The third-order valence-electron chi connectivity index (χ3n) is 6.75. The molecular weight excluding hydrogens is 529 g/mol. The lowest BCUT2D eigenvalue weighted by atomic mass is 9.87. The first-order valence-corrected chi connectivity index (χ1v) is 14.9. The molecule has 3 rings (SSSR count). The molecule has 0 spiro atoms. The summed E-state index contributed by atoms with van der Waals surface area (Å²) in [5.74, 6) is 0. The lowest BCUT2D eigenvalue weighted by molar-refractivity contribution is -0.142. The van der Waals surface area contributed by atoms with Crippen molar-refractivity contribution in [3.8, 4) is 11.1 Å². The average molecular weight is 558 g/mol. The molecule has 37 heavy (non-hydrogen) atoms. The van der Waals surface area contributed by atoms with Crippen molar-refractivity contribution in [1.29, 1.82) is 0 Å². The SMILES string of the molecule is CC(C)(C)[Si](C)(C)OCc1c(C(F)F)nc(C(F)(F)F)c(C(O)c2ccc(Cl)cc2)c1-c1ccccc1. The van der Waals surface area contributed by atoms with Gasteiger partial charge in [-0.3, -0.25) is 0 Å². The Morgan fingerprint density at radius 1 is 0.973 bits per heavy atom. The van der Waals surface area contributed by atoms with E-state index in [0.29, 0.717) is 5.02 Å². The molecule has 200 valence electrons. The van der Waals surface area contributed by atoms with Gasteiger partial charge in [0.25, 0.3) is 6.43 Å². The maximum Gasteiger partial charge on any atom is 0.433 e. The minimum Gasteiger partial charge on any atom is -0.412 e. The van der Waals surface area contributed by atoms with E-state index in [1.165, 1.54) is 36.4 Å². The van der Waals surface area contributed by atoms with Crippen LogP contribution in [0.25, 0.3) is 11.1 Å². The van der Waals surface area contributed by atoms with Crippen molar-refractivity contribution in [2.75, 3.05) is 0 Å². The Balaban J connectivity index is 2.41. The van der Waals surface area contributed by atoms with E-state index in [9.17, 15) is 27.1 Å². The first kappa shape index (κ1) is 29.2. The van der Waals surface area contributed by atoms with E-state index in [1.807, 2.05) is 33.9 Å². The Morgan fingerprint density at radius 2 is 1.54 bits per heavy atom. The largest absolute Gasteiger partial charge is 0.433 e. The van der Waals surface area contributed by atoms with Gasteiger partial charge in [-0.2, -0.15) is 13.2 Å². The molecule has 0 aliphatic carbocycles. The van der Waals surface area contributed by atoms with E-state index in [0.717, 1.165) is 0 Å². The van der Waals surface area contributed by atoms with E-state index < -0.39 is 44.0 Å². The number of halogens is 6. The van der Waals surface area contributed by atoms with Crippen LogP contribution in [0, 0.1) is 0 Å². The Labute approximate surface area is 219 Å². The molecule has 0 fully saturated rings. The van der Waals surface area contributed by atoms with Crippen LogP contribution in [0.15, 0.2) is 54.6 Å². The zero-order chi connectivity index (χ0) is 27.8. The topological polar surface area (TPSA) is 42.4 Å². The highest BCUT2D eigenvalue weighted by molar-refractivity contribution is 6.74. The zero-order valence-corrected chi connectivity index (χ0v) is 22.9. The first-order chi connectivity index (χ1) is 17.0. The Bertz CT molecular complexity index is 1230. The number of hydrogen-bond donors (Lipinski definition) is 1. The number of hydrogen-bond acceptors (Lipinski definition) is 3. The summed E-state index contributed by atoms with van der Waals surface area (Å²) in [6.07, 6.45) is -10.2. The van der Waals surface area contributed by atoms with Crippen LogP contribution in [0.1, 0.15) is 61.4 Å². The van der Waals surface area contributed by atoms with Crippen LogP contribution >= 0.6 is 11.6 Å². The van der Waals surface area contributed by atoms with Crippen LogP contribution in [-0.4, -0.2) is 18.4 Å². The van der Waals surface area contributed by atoms with Gasteiger partial charge in [-0.05, 0) is 47.0 Å². The van der Waals surface area contributed by atoms with Gasteiger partial charge in [-0.1, -0.05) is 74.8 Å². The Morgan fingerprint density at radius 3 is 2.03 bits per heavy atom. The lowest BCUT2D eigenvalue weighted by Gasteiger charge is -2.37. The van der Waals surface area contributed by atoms with Crippen LogP contribution in [-0.2, 0) is 17.2 Å². The molecule has 0 aliphatic heterocycles. The maximum absolute atomic E-state index is 14.3. The molecule has 0 amide bonds. The number of pyridine rings is 1. The van der Waals surface area contributed by atoms with E-state index in [2.05, 4.69) is 4.98 Å². The smallest absolute Gasteiger partial charge is 0.412 e. The van der Waals surface area contributed by atoms with Crippen LogP contribution < -0.4 is 0 Å². The highest BCUT2D eigenvalue weighted by Gasteiger charge is 2.43. The quantitative estimate of drug-likeness (QED) is 0.233. The number of alkyl halides is 5. The van der Waals surface area contributed by atoms with Gasteiger partial charge in [0.2, 0.25) is 0 Å². The summed E-state index contributed by atoms with van der Waals surface area (Å²) in [7, 11) is -2.51. The summed E-state index contributed by atoms with van der Waals surface area (Å²) >= 11 is 5.92. The molecule has 0 saturated heterocycles. The Hall–Kier alpha value is -2.33. The maximum atomic E-state index is 14.3.